The number of benzene rings is 1. The van der Waals surface area contributed by atoms with Gasteiger partial charge in [0.2, 0.25) is 0 Å². The second kappa shape index (κ2) is 6.86. The molecule has 1 fully saturated rings. The molecule has 0 aliphatic carbocycles. The molecule has 0 radical (unpaired) electrons. The van der Waals surface area contributed by atoms with Gasteiger partial charge in [-0.1, -0.05) is 18.2 Å². The normalized spacial score (nSPS) is 15.8. The molecule has 1 saturated heterocycles. The molecule has 2 aromatic heterocycles. The van der Waals surface area contributed by atoms with Crippen LogP contribution in [0.5, 0.6) is 0 Å². The van der Waals surface area contributed by atoms with E-state index >= 15 is 0 Å². The average molecular weight is 323 g/mol. The predicted molar refractivity (Wildman–Crippen MR) is 91.5 cm³/mol. The van der Waals surface area contributed by atoms with Crippen LogP contribution >= 0.6 is 0 Å². The lowest BCUT2D eigenvalue weighted by Gasteiger charge is -2.30. The van der Waals surface area contributed by atoms with E-state index in [2.05, 4.69) is 20.1 Å². The van der Waals surface area contributed by atoms with Crippen molar-refractivity contribution in [3.63, 3.8) is 0 Å². The maximum Gasteiger partial charge on any atom is 0.266 e. The van der Waals surface area contributed by atoms with E-state index in [1.807, 2.05) is 53.5 Å². The molecule has 3 heterocycles. The molecule has 0 N–H and O–H groups in total. The van der Waals surface area contributed by atoms with E-state index in [9.17, 15) is 0 Å². The van der Waals surface area contributed by atoms with Gasteiger partial charge in [-0.15, -0.1) is 0 Å². The van der Waals surface area contributed by atoms with E-state index in [-0.39, 0.29) is 0 Å². The first kappa shape index (κ1) is 14.9. The van der Waals surface area contributed by atoms with Crippen LogP contribution in [0.2, 0.25) is 0 Å². The number of hydrogen-bond donors (Lipinski definition) is 0. The molecule has 4 rings (SSSR count). The monoisotopic (exact) mass is 323 g/mol. The van der Waals surface area contributed by atoms with Gasteiger partial charge in [0.1, 0.15) is 0 Å². The Morgan fingerprint density at radius 1 is 1.08 bits per heavy atom. The molecule has 124 valence electrons. The fourth-order valence-corrected chi connectivity index (χ4v) is 3.21. The maximum absolute atomic E-state index is 5.41. The van der Waals surface area contributed by atoms with Crippen LogP contribution < -0.4 is 4.90 Å². The summed E-state index contributed by atoms with van der Waals surface area (Å²) in [7, 11) is 0. The summed E-state index contributed by atoms with van der Waals surface area (Å²) in [6, 6.07) is 11.9. The van der Waals surface area contributed by atoms with Crippen LogP contribution in [0.1, 0.15) is 19.3 Å². The van der Waals surface area contributed by atoms with Crippen molar-refractivity contribution in [1.82, 2.24) is 19.9 Å². The molecule has 6 heteroatoms. The van der Waals surface area contributed by atoms with Gasteiger partial charge in [-0.25, -0.2) is 0 Å². The Labute approximate surface area is 141 Å². The smallest absolute Gasteiger partial charge is 0.266 e. The summed E-state index contributed by atoms with van der Waals surface area (Å²) in [4.78, 5) is 6.77. The summed E-state index contributed by atoms with van der Waals surface area (Å²) < 4.78 is 7.42. The highest BCUT2D eigenvalue weighted by atomic mass is 16.5. The van der Waals surface area contributed by atoms with Gasteiger partial charge in [0.05, 0.1) is 0 Å². The van der Waals surface area contributed by atoms with Crippen LogP contribution in [-0.4, -0.2) is 33.0 Å². The van der Waals surface area contributed by atoms with Crippen molar-refractivity contribution in [2.75, 3.05) is 18.0 Å². The Kier molecular flexibility index (Phi) is 4.27. The van der Waals surface area contributed by atoms with Crippen molar-refractivity contribution in [1.29, 1.82) is 0 Å². The van der Waals surface area contributed by atoms with Crippen molar-refractivity contribution in [3.8, 4) is 11.5 Å². The molecule has 3 aromatic rings. The molecule has 6 nitrogen and oxygen atoms in total. The minimum Gasteiger partial charge on any atom is -0.338 e. The number of hydrogen-bond acceptors (Lipinski definition) is 5. The number of piperidine rings is 1. The summed E-state index contributed by atoms with van der Waals surface area (Å²) in [5, 5.41) is 8.42. The second-order valence-electron chi connectivity index (χ2n) is 6.25. The average Bonchev–Trinajstić information content (AvgIpc) is 3.33. The third kappa shape index (κ3) is 3.32. The zero-order valence-electron chi connectivity index (χ0n) is 13.6. The fraction of sp³-hybridized carbons (Fsp3) is 0.389. The molecular formula is C18H21N5O. The summed E-state index contributed by atoms with van der Waals surface area (Å²) in [6.45, 7) is 2.97. The lowest BCUT2D eigenvalue weighted by Crippen LogP contribution is -2.34. The number of aromatic nitrogens is 4. The third-order valence-corrected chi connectivity index (χ3v) is 4.66. The second-order valence-corrected chi connectivity index (χ2v) is 6.25. The van der Waals surface area contributed by atoms with E-state index < -0.39 is 0 Å². The minimum absolute atomic E-state index is 0.589. The van der Waals surface area contributed by atoms with Crippen molar-refractivity contribution < 1.29 is 4.52 Å². The largest absolute Gasteiger partial charge is 0.338 e. The van der Waals surface area contributed by atoms with Gasteiger partial charge in [0, 0.05) is 37.6 Å². The molecule has 1 aliphatic rings. The highest BCUT2D eigenvalue weighted by Crippen LogP contribution is 2.26. The van der Waals surface area contributed by atoms with Crippen molar-refractivity contribution in [2.45, 2.75) is 25.8 Å². The Morgan fingerprint density at radius 3 is 2.67 bits per heavy atom. The van der Waals surface area contributed by atoms with E-state index in [0.717, 1.165) is 44.0 Å². The molecule has 0 atom stereocenters. The zero-order chi connectivity index (χ0) is 16.2. The van der Waals surface area contributed by atoms with E-state index in [1.165, 1.54) is 6.42 Å². The quantitative estimate of drug-likeness (QED) is 0.721. The molecule has 0 amide bonds. The molecular weight excluding hydrogens is 302 g/mol. The molecule has 0 bridgehead atoms. The molecule has 1 aliphatic heterocycles. The van der Waals surface area contributed by atoms with Crippen LogP contribution in [0.4, 0.5) is 5.95 Å². The summed E-state index contributed by atoms with van der Waals surface area (Å²) >= 11 is 0. The van der Waals surface area contributed by atoms with Gasteiger partial charge < -0.3 is 9.42 Å². The Morgan fingerprint density at radius 2 is 1.92 bits per heavy atom. The number of rotatable bonds is 5. The Bertz CT molecular complexity index is 745. The molecule has 24 heavy (non-hydrogen) atoms. The summed E-state index contributed by atoms with van der Waals surface area (Å²) in [5.41, 5.74) is 0.963. The first-order valence-electron chi connectivity index (χ1n) is 8.50. The van der Waals surface area contributed by atoms with Gasteiger partial charge in [-0.3, -0.25) is 4.68 Å². The number of anilines is 1. The maximum atomic E-state index is 5.41. The van der Waals surface area contributed by atoms with Gasteiger partial charge in [0.25, 0.3) is 11.8 Å². The first-order valence-corrected chi connectivity index (χ1v) is 8.50. The lowest BCUT2D eigenvalue weighted by atomic mass is 9.94. The summed E-state index contributed by atoms with van der Waals surface area (Å²) in [6.07, 6.45) is 7.37. The fourth-order valence-electron chi connectivity index (χ4n) is 3.21. The molecule has 0 saturated carbocycles. The standard InChI is InChI=1S/C18H21N5O/c1-2-5-16(6-3-1)17-20-18(21-24-17)22-12-7-15(8-13-22)9-14-23-11-4-10-19-23/h1-6,10-11,15H,7-9,12-14H2. The number of aryl methyl sites for hydroxylation is 1. The van der Waals surface area contributed by atoms with Crippen molar-refractivity contribution in [2.24, 2.45) is 5.92 Å². The Hall–Kier alpha value is -2.63. The summed E-state index contributed by atoms with van der Waals surface area (Å²) in [5.74, 6) is 2.04. The van der Waals surface area contributed by atoms with Crippen LogP contribution in [0.3, 0.4) is 0 Å². The van der Waals surface area contributed by atoms with E-state index in [1.54, 1.807) is 0 Å². The van der Waals surface area contributed by atoms with Crippen molar-refractivity contribution >= 4 is 5.95 Å². The van der Waals surface area contributed by atoms with E-state index in [4.69, 9.17) is 4.52 Å². The van der Waals surface area contributed by atoms with Crippen LogP contribution in [-0.2, 0) is 6.54 Å². The number of nitrogens with zero attached hydrogens (tertiary/aromatic N) is 5. The minimum atomic E-state index is 0.589. The van der Waals surface area contributed by atoms with E-state index in [0.29, 0.717) is 11.8 Å². The highest BCUT2D eigenvalue weighted by Gasteiger charge is 2.22. The third-order valence-electron chi connectivity index (χ3n) is 4.66. The van der Waals surface area contributed by atoms with Gasteiger partial charge >= 0.3 is 0 Å². The topological polar surface area (TPSA) is 60.0 Å². The van der Waals surface area contributed by atoms with Crippen LogP contribution in [0.25, 0.3) is 11.5 Å². The lowest BCUT2D eigenvalue weighted by molar-refractivity contribution is 0.349. The first-order chi connectivity index (χ1) is 11.9. The zero-order valence-corrected chi connectivity index (χ0v) is 13.6. The van der Waals surface area contributed by atoms with Crippen LogP contribution in [0.15, 0.2) is 53.3 Å². The van der Waals surface area contributed by atoms with Gasteiger partial charge in [0.15, 0.2) is 0 Å². The molecule has 0 spiro atoms. The highest BCUT2D eigenvalue weighted by molar-refractivity contribution is 5.54. The molecule has 1 aromatic carbocycles. The van der Waals surface area contributed by atoms with Gasteiger partial charge in [-0.05, 0) is 48.5 Å². The van der Waals surface area contributed by atoms with Crippen molar-refractivity contribution in [3.05, 3.63) is 48.8 Å². The SMILES string of the molecule is c1ccc(-c2nc(N3CCC(CCn4cccn4)CC3)no2)cc1. The van der Waals surface area contributed by atoms with Crippen LogP contribution in [0, 0.1) is 5.92 Å². The predicted octanol–water partition coefficient (Wildman–Crippen LogP) is 3.24. The Balaban J connectivity index is 1.32. The van der Waals surface area contributed by atoms with Gasteiger partial charge in [-0.2, -0.15) is 10.1 Å². The molecule has 0 unspecified atom stereocenters.